The van der Waals surface area contributed by atoms with Gasteiger partial charge in [-0.3, -0.25) is 24.5 Å². The van der Waals surface area contributed by atoms with Crippen molar-refractivity contribution in [2.24, 2.45) is 11.8 Å². The molecule has 1 saturated carbocycles. The van der Waals surface area contributed by atoms with Crippen molar-refractivity contribution in [2.45, 2.75) is 12.3 Å². The molecule has 0 N–H and O–H groups in total. The quantitative estimate of drug-likeness (QED) is 0.334. The number of carbonyl (C=O) groups excluding carboxylic acids is 3. The largest absolute Gasteiger partial charge is 0.466 e. The maximum Gasteiger partial charge on any atom is 0.311 e. The van der Waals surface area contributed by atoms with Gasteiger partial charge in [-0.15, -0.1) is 0 Å². The van der Waals surface area contributed by atoms with Crippen molar-refractivity contribution in [1.82, 2.24) is 0 Å². The van der Waals surface area contributed by atoms with Crippen molar-refractivity contribution < 1.29 is 24.0 Å². The van der Waals surface area contributed by atoms with Crippen LogP contribution in [0.15, 0.2) is 48.5 Å². The highest BCUT2D eigenvalue weighted by Gasteiger charge is 2.80. The van der Waals surface area contributed by atoms with Crippen molar-refractivity contribution in [3.8, 4) is 0 Å². The maximum atomic E-state index is 13.3. The fourth-order valence-electron chi connectivity index (χ4n) is 4.45. The Hall–Kier alpha value is -3.55. The van der Waals surface area contributed by atoms with Crippen molar-refractivity contribution in [3.05, 3.63) is 69.8 Å². The molecule has 1 spiro atoms. The number of ether oxygens (including phenoxy) is 1. The molecule has 0 aromatic heterocycles. The Morgan fingerprint density at radius 3 is 2.41 bits per heavy atom. The lowest BCUT2D eigenvalue weighted by atomic mass is 9.91. The molecule has 1 aliphatic carbocycles. The molecule has 148 valence electrons. The number of Topliss-reactive ketones (excluding diaryl/α,β-unsaturated/α-hetero) is 1. The van der Waals surface area contributed by atoms with Gasteiger partial charge in [-0.05, 0) is 30.7 Å². The van der Waals surface area contributed by atoms with E-state index in [0.29, 0.717) is 11.3 Å². The first kappa shape index (κ1) is 18.8. The van der Waals surface area contributed by atoms with Crippen LogP contribution >= 0.6 is 0 Å². The van der Waals surface area contributed by atoms with E-state index in [9.17, 15) is 24.5 Å². The number of nitrogens with zero attached hydrogens (tertiary/aromatic N) is 2. The number of hydrogen-bond acceptors (Lipinski definition) is 6. The van der Waals surface area contributed by atoms with Crippen molar-refractivity contribution >= 4 is 29.0 Å². The van der Waals surface area contributed by atoms with Crippen molar-refractivity contribution in [1.29, 1.82) is 0 Å². The predicted molar refractivity (Wildman–Crippen MR) is 103 cm³/mol. The smallest absolute Gasteiger partial charge is 0.311 e. The summed E-state index contributed by atoms with van der Waals surface area (Å²) >= 11 is 0. The first-order valence-corrected chi connectivity index (χ1v) is 9.18. The summed E-state index contributed by atoms with van der Waals surface area (Å²) < 4.78 is 5.17. The lowest BCUT2D eigenvalue weighted by Gasteiger charge is -2.11. The Kier molecular flexibility index (Phi) is 4.22. The van der Waals surface area contributed by atoms with Crippen molar-refractivity contribution in [2.75, 3.05) is 18.6 Å². The van der Waals surface area contributed by atoms with Crippen LogP contribution < -0.4 is 4.90 Å². The van der Waals surface area contributed by atoms with Crippen LogP contribution in [0.25, 0.3) is 0 Å². The Morgan fingerprint density at radius 1 is 1.14 bits per heavy atom. The summed E-state index contributed by atoms with van der Waals surface area (Å²) in [5.74, 6) is -3.16. The zero-order chi connectivity index (χ0) is 20.9. The fraction of sp³-hybridized carbons (Fsp3) is 0.286. The molecule has 8 heteroatoms. The number of nitro groups is 1. The van der Waals surface area contributed by atoms with Crippen molar-refractivity contribution in [3.63, 3.8) is 0 Å². The number of non-ortho nitro benzene ring substituents is 1. The van der Waals surface area contributed by atoms with Gasteiger partial charge in [-0.2, -0.15) is 0 Å². The topological polar surface area (TPSA) is 107 Å². The van der Waals surface area contributed by atoms with Crippen LogP contribution in [0.2, 0.25) is 0 Å². The molecule has 3 atom stereocenters. The van der Waals surface area contributed by atoms with E-state index in [4.69, 9.17) is 4.74 Å². The predicted octanol–water partition coefficient (Wildman–Crippen LogP) is 2.50. The molecule has 1 heterocycles. The second-order valence-electron chi connectivity index (χ2n) is 7.13. The number of likely N-dealkylation sites (N-methyl/N-ethyl adjacent to an activating group) is 1. The highest BCUT2D eigenvalue weighted by Crippen LogP contribution is 2.67. The number of fused-ring (bicyclic) bond motifs is 2. The van der Waals surface area contributed by atoms with Crippen LogP contribution in [0.1, 0.15) is 22.8 Å². The molecule has 0 radical (unpaired) electrons. The molecule has 0 bridgehead atoms. The van der Waals surface area contributed by atoms with Gasteiger partial charge in [0.05, 0.1) is 23.4 Å². The van der Waals surface area contributed by atoms with E-state index in [2.05, 4.69) is 0 Å². The third kappa shape index (κ3) is 2.48. The maximum absolute atomic E-state index is 13.3. The van der Waals surface area contributed by atoms with Crippen LogP contribution in [0, 0.1) is 22.0 Å². The lowest BCUT2D eigenvalue weighted by molar-refractivity contribution is -0.384. The van der Waals surface area contributed by atoms with E-state index in [1.807, 2.05) is 0 Å². The Morgan fingerprint density at radius 2 is 1.79 bits per heavy atom. The summed E-state index contributed by atoms with van der Waals surface area (Å²) in [5, 5.41) is 10.9. The number of para-hydroxylation sites is 1. The van der Waals surface area contributed by atoms with E-state index in [0.717, 1.165) is 0 Å². The molecular formula is C21H18N2O6. The molecule has 2 aliphatic rings. The van der Waals surface area contributed by atoms with Crippen LogP contribution in [-0.2, 0) is 19.7 Å². The molecule has 2 aromatic rings. The molecule has 4 rings (SSSR count). The van der Waals surface area contributed by atoms with Crippen LogP contribution in [0.3, 0.4) is 0 Å². The molecule has 2 aromatic carbocycles. The van der Waals surface area contributed by atoms with Gasteiger partial charge in [0.2, 0.25) is 5.91 Å². The van der Waals surface area contributed by atoms with E-state index in [-0.39, 0.29) is 23.8 Å². The Bertz CT molecular complexity index is 1050. The van der Waals surface area contributed by atoms with Crippen LogP contribution in [0.4, 0.5) is 11.4 Å². The number of amides is 1. The third-order valence-corrected chi connectivity index (χ3v) is 5.76. The molecule has 1 fully saturated rings. The van der Waals surface area contributed by atoms with Gasteiger partial charge in [0, 0.05) is 30.4 Å². The Balaban J connectivity index is 1.79. The standard InChI is InChI=1S/C21H18N2O6/c1-3-29-19(25)17-16(18(24)12-8-10-13(11-9-12)23(27)28)21(17)14-6-4-5-7-15(14)22(2)20(21)26/h4-11,16-17H,3H2,1-2H3/t16-,17-,21?/m1/s1. The molecular weight excluding hydrogens is 376 g/mol. The zero-order valence-electron chi connectivity index (χ0n) is 15.8. The summed E-state index contributed by atoms with van der Waals surface area (Å²) in [6.07, 6.45) is 0. The number of rotatable bonds is 5. The second kappa shape index (κ2) is 6.51. The van der Waals surface area contributed by atoms with Gasteiger partial charge >= 0.3 is 5.97 Å². The number of esters is 1. The number of nitro benzene ring substituents is 1. The van der Waals surface area contributed by atoms with Crippen LogP contribution in [-0.4, -0.2) is 36.2 Å². The summed E-state index contributed by atoms with van der Waals surface area (Å²) in [6.45, 7) is 1.80. The Labute approximate surface area is 166 Å². The number of hydrogen-bond donors (Lipinski definition) is 0. The first-order chi connectivity index (χ1) is 13.9. The monoisotopic (exact) mass is 394 g/mol. The molecule has 1 amide bonds. The number of carbonyl (C=O) groups is 3. The fourth-order valence-corrected chi connectivity index (χ4v) is 4.45. The highest BCUT2D eigenvalue weighted by atomic mass is 16.6. The average Bonchev–Trinajstić information content (AvgIpc) is 3.38. The third-order valence-electron chi connectivity index (χ3n) is 5.76. The molecule has 29 heavy (non-hydrogen) atoms. The second-order valence-corrected chi connectivity index (χ2v) is 7.13. The zero-order valence-corrected chi connectivity index (χ0v) is 15.8. The molecule has 0 saturated heterocycles. The number of ketones is 1. The van der Waals surface area contributed by atoms with Gasteiger partial charge in [-0.1, -0.05) is 18.2 Å². The highest BCUT2D eigenvalue weighted by molar-refractivity contribution is 6.20. The lowest BCUT2D eigenvalue weighted by Crippen LogP contribution is -2.32. The summed E-state index contributed by atoms with van der Waals surface area (Å²) in [5.41, 5.74) is 0.0652. The molecule has 1 aliphatic heterocycles. The van der Waals surface area contributed by atoms with Gasteiger partial charge in [0.25, 0.3) is 5.69 Å². The van der Waals surface area contributed by atoms with Gasteiger partial charge in [0.15, 0.2) is 5.78 Å². The van der Waals surface area contributed by atoms with Crippen LogP contribution in [0.5, 0.6) is 0 Å². The van der Waals surface area contributed by atoms with Gasteiger partial charge < -0.3 is 9.64 Å². The van der Waals surface area contributed by atoms with E-state index in [1.54, 1.807) is 38.2 Å². The summed E-state index contributed by atoms with van der Waals surface area (Å²) in [7, 11) is 1.61. The van der Waals surface area contributed by atoms with E-state index >= 15 is 0 Å². The molecule has 8 nitrogen and oxygen atoms in total. The van der Waals surface area contributed by atoms with Gasteiger partial charge in [-0.25, -0.2) is 0 Å². The first-order valence-electron chi connectivity index (χ1n) is 9.18. The van der Waals surface area contributed by atoms with Gasteiger partial charge in [0.1, 0.15) is 5.41 Å². The minimum Gasteiger partial charge on any atom is -0.466 e. The summed E-state index contributed by atoms with van der Waals surface area (Å²) in [4.78, 5) is 51.0. The van der Waals surface area contributed by atoms with E-state index in [1.165, 1.54) is 29.2 Å². The molecule has 1 unspecified atom stereocenters. The normalized spacial score (nSPS) is 24.3. The average molecular weight is 394 g/mol. The van der Waals surface area contributed by atoms with E-state index < -0.39 is 33.9 Å². The SMILES string of the molecule is CCOC(=O)[C@H]1[C@H](C(=O)c2ccc([N+](=O)[O-])cc2)C12C(=O)N(C)c1ccccc12. The summed E-state index contributed by atoms with van der Waals surface area (Å²) in [6, 6.07) is 12.3. The minimum atomic E-state index is -1.30. The number of anilines is 1. The minimum absolute atomic E-state index is 0.134. The number of benzene rings is 2.